The van der Waals surface area contributed by atoms with Gasteiger partial charge in [0.05, 0.1) is 14.2 Å². The zero-order valence-electron chi connectivity index (χ0n) is 17.5. The zero-order valence-corrected chi connectivity index (χ0v) is 17.5. The average Bonchev–Trinajstić information content (AvgIpc) is 2.81. The Kier molecular flexibility index (Phi) is 4.70. The molecule has 4 nitrogen and oxygen atoms in total. The van der Waals surface area contributed by atoms with Crippen LogP contribution in [-0.4, -0.2) is 25.8 Å². The highest BCUT2D eigenvalue weighted by molar-refractivity contribution is 6.23. The van der Waals surface area contributed by atoms with E-state index in [4.69, 9.17) is 9.47 Å². The van der Waals surface area contributed by atoms with Crippen LogP contribution in [0.1, 0.15) is 38.3 Å². The van der Waals surface area contributed by atoms with Gasteiger partial charge in [-0.2, -0.15) is 0 Å². The Balaban J connectivity index is 1.83. The number of hydrogen-bond donors (Lipinski definition) is 0. The predicted octanol–water partition coefficient (Wildman–Crippen LogP) is 5.46. The summed E-state index contributed by atoms with van der Waals surface area (Å²) in [6.07, 6.45) is 5.39. The summed E-state index contributed by atoms with van der Waals surface area (Å²) >= 11 is 0. The van der Waals surface area contributed by atoms with Crippen molar-refractivity contribution in [1.29, 1.82) is 0 Å². The summed E-state index contributed by atoms with van der Waals surface area (Å²) < 4.78 is 11.2. The molecule has 0 aromatic heterocycles. The number of ether oxygens (including phenoxy) is 2. The van der Waals surface area contributed by atoms with Gasteiger partial charge in [-0.3, -0.25) is 9.59 Å². The fraction of sp³-hybridized carbons (Fsp3) is 0.185. The maximum Gasteiger partial charge on any atom is 0.186 e. The van der Waals surface area contributed by atoms with Gasteiger partial charge in [0, 0.05) is 11.1 Å². The van der Waals surface area contributed by atoms with Gasteiger partial charge in [0.25, 0.3) is 0 Å². The molecule has 0 saturated heterocycles. The molecule has 0 fully saturated rings. The van der Waals surface area contributed by atoms with Crippen LogP contribution in [0.2, 0.25) is 0 Å². The predicted molar refractivity (Wildman–Crippen MR) is 120 cm³/mol. The van der Waals surface area contributed by atoms with E-state index in [1.807, 2.05) is 36.4 Å². The molecule has 0 heterocycles. The van der Waals surface area contributed by atoms with Gasteiger partial charge in [0.2, 0.25) is 0 Å². The highest BCUT2D eigenvalue weighted by Crippen LogP contribution is 2.40. The zero-order chi connectivity index (χ0) is 21.5. The number of allylic oxidation sites excluding steroid dienone is 2. The normalized spacial score (nSPS) is 14.4. The Bertz CT molecular complexity index is 1170. The first kappa shape index (κ1) is 19.3. The largest absolute Gasteiger partial charge is 0.496 e. The Hall–Kier alpha value is -3.66. The van der Waals surface area contributed by atoms with E-state index in [1.165, 1.54) is 12.2 Å². The number of benzene rings is 3. The number of fused-ring (bicyclic) bond motifs is 8. The van der Waals surface area contributed by atoms with E-state index in [2.05, 4.69) is 12.1 Å². The summed E-state index contributed by atoms with van der Waals surface area (Å²) in [5, 5.41) is 0. The highest BCUT2D eigenvalue weighted by atomic mass is 16.5. The average molecular weight is 410 g/mol. The summed E-state index contributed by atoms with van der Waals surface area (Å²) in [5.74, 6) is 1.43. The van der Waals surface area contributed by atoms with Gasteiger partial charge in [-0.25, -0.2) is 0 Å². The van der Waals surface area contributed by atoms with E-state index in [9.17, 15) is 9.59 Å². The van der Waals surface area contributed by atoms with Crippen molar-refractivity contribution < 1.29 is 19.1 Å². The molecule has 0 spiro atoms. The van der Waals surface area contributed by atoms with Crippen LogP contribution in [0.3, 0.4) is 0 Å². The lowest BCUT2D eigenvalue weighted by Crippen LogP contribution is -2.12. The first-order valence-corrected chi connectivity index (χ1v) is 10.4. The van der Waals surface area contributed by atoms with Crippen LogP contribution in [0, 0.1) is 0 Å². The second-order valence-corrected chi connectivity index (χ2v) is 7.91. The van der Waals surface area contributed by atoms with Crippen LogP contribution >= 0.6 is 0 Å². The van der Waals surface area contributed by atoms with Gasteiger partial charge in [-0.1, -0.05) is 12.1 Å². The van der Waals surface area contributed by atoms with Gasteiger partial charge in [-0.05, 0) is 101 Å². The number of aryl methyl sites for hydroxylation is 2. The van der Waals surface area contributed by atoms with Crippen molar-refractivity contribution in [3.63, 3.8) is 0 Å². The molecule has 0 unspecified atom stereocenters. The van der Waals surface area contributed by atoms with Crippen LogP contribution < -0.4 is 9.47 Å². The fourth-order valence-corrected chi connectivity index (χ4v) is 4.57. The van der Waals surface area contributed by atoms with Gasteiger partial charge >= 0.3 is 0 Å². The van der Waals surface area contributed by atoms with Crippen LogP contribution in [0.15, 0.2) is 60.7 Å². The van der Waals surface area contributed by atoms with Crippen LogP contribution in [0.25, 0.3) is 22.3 Å². The van der Waals surface area contributed by atoms with E-state index in [-0.39, 0.29) is 11.6 Å². The molecule has 0 aliphatic heterocycles. The Morgan fingerprint density at radius 3 is 1.48 bits per heavy atom. The van der Waals surface area contributed by atoms with E-state index >= 15 is 0 Å². The summed E-state index contributed by atoms with van der Waals surface area (Å²) in [6, 6.07) is 16.0. The van der Waals surface area contributed by atoms with Gasteiger partial charge in [-0.15, -0.1) is 0 Å². The topological polar surface area (TPSA) is 52.6 Å². The molecular weight excluding hydrogens is 388 g/mol. The first-order chi connectivity index (χ1) is 15.1. The van der Waals surface area contributed by atoms with Gasteiger partial charge < -0.3 is 9.47 Å². The number of rotatable bonds is 2. The quantitative estimate of drug-likeness (QED) is 0.563. The van der Waals surface area contributed by atoms with Crippen LogP contribution in [0.4, 0.5) is 0 Å². The molecule has 4 heteroatoms. The molecule has 4 bridgehead atoms. The molecule has 3 aromatic carbocycles. The third-order valence-electron chi connectivity index (χ3n) is 6.15. The summed E-state index contributed by atoms with van der Waals surface area (Å²) in [5.41, 5.74) is 7.01. The molecule has 2 aliphatic carbocycles. The number of carbonyl (C=O) groups is 2. The monoisotopic (exact) mass is 410 g/mol. The van der Waals surface area contributed by atoms with Crippen molar-refractivity contribution in [2.45, 2.75) is 19.3 Å². The lowest BCUT2D eigenvalue weighted by molar-refractivity contribution is 0.0994. The molecule has 31 heavy (non-hydrogen) atoms. The minimum atomic E-state index is -0.143. The maximum absolute atomic E-state index is 12.6. The molecule has 5 rings (SSSR count). The Morgan fingerprint density at radius 2 is 1.06 bits per heavy atom. The minimum absolute atomic E-state index is 0.143. The minimum Gasteiger partial charge on any atom is -0.496 e. The van der Waals surface area contributed by atoms with Crippen LogP contribution in [0.5, 0.6) is 11.5 Å². The molecule has 0 saturated carbocycles. The Labute approximate surface area is 181 Å². The smallest absolute Gasteiger partial charge is 0.186 e. The maximum atomic E-state index is 12.6. The van der Waals surface area contributed by atoms with Crippen molar-refractivity contribution in [3.05, 3.63) is 82.9 Å². The number of methoxy groups -OCH3 is 2. The number of hydrogen-bond acceptors (Lipinski definition) is 4. The molecule has 154 valence electrons. The molecule has 0 N–H and O–H groups in total. The third-order valence-corrected chi connectivity index (χ3v) is 6.15. The van der Waals surface area contributed by atoms with E-state index in [0.717, 1.165) is 64.1 Å². The van der Waals surface area contributed by atoms with Crippen molar-refractivity contribution in [2.24, 2.45) is 0 Å². The van der Waals surface area contributed by atoms with Crippen molar-refractivity contribution in [1.82, 2.24) is 0 Å². The van der Waals surface area contributed by atoms with E-state index < -0.39 is 0 Å². The van der Waals surface area contributed by atoms with Crippen LogP contribution in [-0.2, 0) is 12.8 Å². The van der Waals surface area contributed by atoms with Crippen molar-refractivity contribution >= 4 is 11.6 Å². The second kappa shape index (κ2) is 7.55. The molecular formula is C27H22O4. The van der Waals surface area contributed by atoms with Crippen molar-refractivity contribution in [2.75, 3.05) is 14.2 Å². The fourth-order valence-electron chi connectivity index (χ4n) is 4.57. The molecule has 0 amide bonds. The number of carbonyl (C=O) groups excluding carboxylic acids is 2. The molecule has 0 radical (unpaired) electrons. The van der Waals surface area contributed by atoms with E-state index in [1.54, 1.807) is 14.2 Å². The Morgan fingerprint density at radius 1 is 0.613 bits per heavy atom. The highest BCUT2D eigenvalue weighted by Gasteiger charge is 2.24. The summed E-state index contributed by atoms with van der Waals surface area (Å²) in [7, 11) is 3.37. The lowest BCUT2D eigenvalue weighted by Gasteiger charge is -2.18. The van der Waals surface area contributed by atoms with Gasteiger partial charge in [0.15, 0.2) is 11.6 Å². The third kappa shape index (κ3) is 3.25. The first-order valence-electron chi connectivity index (χ1n) is 10.4. The second-order valence-electron chi connectivity index (χ2n) is 7.91. The molecule has 3 aromatic rings. The molecule has 0 atom stereocenters. The molecule has 2 aliphatic rings. The summed E-state index contributed by atoms with van der Waals surface area (Å²) in [6.45, 7) is 0. The summed E-state index contributed by atoms with van der Waals surface area (Å²) in [4.78, 5) is 25.1. The number of ketones is 2. The van der Waals surface area contributed by atoms with E-state index in [0.29, 0.717) is 11.1 Å². The standard InChI is InChI=1S/C27H22O4/c1-30-26-10-6-16-12-18(26)4-3-5-19-13-17(7-11-27(19)31-2)21-15-23-22(14-20(16)21)24(28)8-9-25(23)29/h6-15H,3-5H2,1-2H3. The lowest BCUT2D eigenvalue weighted by atomic mass is 9.85. The SMILES string of the molecule is COc1ccc2cc1CCCc1cc(ccc1OC)-c1cc3c(cc1-2)C(=O)C=CC3=O. The van der Waals surface area contributed by atoms with Crippen molar-refractivity contribution in [3.8, 4) is 33.8 Å². The van der Waals surface area contributed by atoms with Gasteiger partial charge in [0.1, 0.15) is 11.5 Å².